The maximum Gasteiger partial charge on any atom is 0.253 e. The summed E-state index contributed by atoms with van der Waals surface area (Å²) in [5, 5.41) is 11.8. The quantitative estimate of drug-likeness (QED) is 0.803. The summed E-state index contributed by atoms with van der Waals surface area (Å²) in [7, 11) is 0. The molecule has 2 aromatic rings. The van der Waals surface area contributed by atoms with Crippen LogP contribution in [-0.2, 0) is 16.0 Å². The van der Waals surface area contributed by atoms with Gasteiger partial charge in [0, 0.05) is 0 Å². The lowest BCUT2D eigenvalue weighted by Gasteiger charge is -2.15. The summed E-state index contributed by atoms with van der Waals surface area (Å²) in [5.74, 6) is -0.644. The fraction of sp³-hybridized carbons (Fsp3) is 0.176. The molecule has 2 rings (SSSR count). The summed E-state index contributed by atoms with van der Waals surface area (Å²) >= 11 is 5.18. The fourth-order valence-corrected chi connectivity index (χ4v) is 2.24. The number of hydrogen-bond donors (Lipinski definition) is 2. The number of amides is 1. The van der Waals surface area contributed by atoms with Crippen LogP contribution in [0.25, 0.3) is 0 Å². The number of benzene rings is 2. The van der Waals surface area contributed by atoms with Crippen molar-refractivity contribution in [1.29, 1.82) is 0 Å². The molecule has 0 heterocycles. The molecule has 0 aliphatic heterocycles. The van der Waals surface area contributed by atoms with Crippen LogP contribution in [0.15, 0.2) is 54.6 Å². The summed E-state index contributed by atoms with van der Waals surface area (Å²) < 4.78 is 0. The Morgan fingerprint density at radius 3 is 2.36 bits per heavy atom. The lowest BCUT2D eigenvalue weighted by atomic mass is 9.96. The smallest absolute Gasteiger partial charge is 0.253 e. The zero-order valence-corrected chi connectivity index (χ0v) is 12.6. The van der Waals surface area contributed by atoms with E-state index in [0.29, 0.717) is 12.0 Å². The van der Waals surface area contributed by atoms with E-state index in [1.54, 1.807) is 12.1 Å². The van der Waals surface area contributed by atoms with E-state index in [4.69, 9.17) is 11.6 Å². The molecule has 2 aromatic carbocycles. The Kier molecular flexibility index (Phi) is 5.69. The largest absolute Gasteiger partial charge is 0.378 e. The number of carbonyl (C=O) groups excluding carboxylic acids is 2. The average molecular weight is 318 g/mol. The maximum absolute atomic E-state index is 11.9. The summed E-state index contributed by atoms with van der Waals surface area (Å²) in [6.07, 6.45) is -0.730. The van der Waals surface area contributed by atoms with Crippen molar-refractivity contribution in [2.24, 2.45) is 0 Å². The third-order valence-electron chi connectivity index (χ3n) is 3.24. The van der Waals surface area contributed by atoms with Crippen molar-refractivity contribution in [3.05, 3.63) is 71.3 Å². The lowest BCUT2D eigenvalue weighted by Crippen LogP contribution is -2.32. The molecule has 0 saturated heterocycles. The molecule has 2 N–H and O–H groups in total. The van der Waals surface area contributed by atoms with Crippen molar-refractivity contribution in [2.75, 3.05) is 6.54 Å². The first-order valence-corrected chi connectivity index (χ1v) is 7.21. The maximum atomic E-state index is 11.9. The molecule has 0 spiro atoms. The van der Waals surface area contributed by atoms with Crippen LogP contribution in [0.3, 0.4) is 0 Å². The zero-order valence-electron chi connectivity index (χ0n) is 11.8. The van der Waals surface area contributed by atoms with Crippen LogP contribution in [0.5, 0.6) is 0 Å². The van der Waals surface area contributed by atoms with Gasteiger partial charge in [-0.3, -0.25) is 9.59 Å². The van der Waals surface area contributed by atoms with Crippen molar-refractivity contribution in [2.45, 2.75) is 12.5 Å². The Labute approximate surface area is 133 Å². The minimum Gasteiger partial charge on any atom is -0.378 e. The number of hydrogen-bond acceptors (Lipinski definition) is 3. The highest BCUT2D eigenvalue weighted by Gasteiger charge is 2.20. The fourth-order valence-electron chi connectivity index (χ4n) is 2.17. The number of carbonyl (C=O) groups is 2. The van der Waals surface area contributed by atoms with Gasteiger partial charge < -0.3 is 10.4 Å². The van der Waals surface area contributed by atoms with Crippen LogP contribution in [0.2, 0.25) is 0 Å². The van der Waals surface area contributed by atoms with E-state index < -0.39 is 17.3 Å². The van der Waals surface area contributed by atoms with Crippen LogP contribution >= 0.6 is 11.6 Å². The highest BCUT2D eigenvalue weighted by atomic mass is 35.5. The van der Waals surface area contributed by atoms with Crippen molar-refractivity contribution in [3.63, 3.8) is 0 Å². The van der Waals surface area contributed by atoms with Crippen molar-refractivity contribution in [1.82, 2.24) is 5.32 Å². The highest BCUT2D eigenvalue weighted by molar-refractivity contribution is 6.64. The summed E-state index contributed by atoms with van der Waals surface area (Å²) in [6, 6.07) is 16.9. The van der Waals surface area contributed by atoms with Crippen LogP contribution in [0.4, 0.5) is 0 Å². The number of aliphatic hydroxyl groups excluding tert-OH is 1. The minimum atomic E-state index is -1.34. The van der Waals surface area contributed by atoms with Gasteiger partial charge in [0.15, 0.2) is 6.10 Å². The Balaban J connectivity index is 2.17. The molecule has 0 bridgehead atoms. The van der Waals surface area contributed by atoms with Crippen LogP contribution < -0.4 is 5.32 Å². The summed E-state index contributed by atoms with van der Waals surface area (Å²) in [6.45, 7) is -0.307. The second kappa shape index (κ2) is 7.73. The third-order valence-corrected chi connectivity index (χ3v) is 3.37. The topological polar surface area (TPSA) is 66.4 Å². The van der Waals surface area contributed by atoms with Crippen molar-refractivity contribution < 1.29 is 14.7 Å². The first-order chi connectivity index (χ1) is 10.6. The number of aliphatic hydroxyl groups is 1. The molecule has 1 atom stereocenters. The molecule has 4 nitrogen and oxygen atoms in total. The molecule has 0 radical (unpaired) electrons. The second-order valence-electron chi connectivity index (χ2n) is 4.84. The van der Waals surface area contributed by atoms with Crippen molar-refractivity contribution >= 4 is 22.8 Å². The Hall–Kier alpha value is -2.17. The van der Waals surface area contributed by atoms with Gasteiger partial charge in [0.25, 0.3) is 5.91 Å². The minimum absolute atomic E-state index is 0.307. The zero-order chi connectivity index (χ0) is 15.9. The molecule has 0 fully saturated rings. The molecule has 0 saturated carbocycles. The monoisotopic (exact) mass is 317 g/mol. The molecule has 0 aromatic heterocycles. The Morgan fingerprint density at radius 2 is 1.68 bits per heavy atom. The Bertz CT molecular complexity index is 658. The van der Waals surface area contributed by atoms with E-state index in [9.17, 15) is 14.7 Å². The van der Waals surface area contributed by atoms with Gasteiger partial charge in [-0.05, 0) is 34.7 Å². The molecule has 0 aliphatic rings. The molecule has 114 valence electrons. The summed E-state index contributed by atoms with van der Waals surface area (Å²) in [4.78, 5) is 22.6. The van der Waals surface area contributed by atoms with E-state index >= 15 is 0 Å². The predicted molar refractivity (Wildman–Crippen MR) is 84.5 cm³/mol. The van der Waals surface area contributed by atoms with E-state index in [0.717, 1.165) is 11.1 Å². The van der Waals surface area contributed by atoms with E-state index in [1.807, 2.05) is 42.5 Å². The van der Waals surface area contributed by atoms with Gasteiger partial charge in [-0.1, -0.05) is 54.6 Å². The van der Waals surface area contributed by atoms with Gasteiger partial charge in [-0.25, -0.2) is 0 Å². The van der Waals surface area contributed by atoms with Gasteiger partial charge in [-0.15, -0.1) is 0 Å². The van der Waals surface area contributed by atoms with Gasteiger partial charge in [0.1, 0.15) is 0 Å². The summed E-state index contributed by atoms with van der Waals surface area (Å²) in [5.41, 5.74) is 2.46. The molecule has 5 heteroatoms. The number of nitrogens with one attached hydrogen (secondary N) is 1. The van der Waals surface area contributed by atoms with Gasteiger partial charge in [-0.2, -0.15) is 0 Å². The number of rotatable bonds is 6. The molecule has 22 heavy (non-hydrogen) atoms. The van der Waals surface area contributed by atoms with Gasteiger partial charge >= 0.3 is 0 Å². The number of halogens is 1. The Morgan fingerprint density at radius 1 is 1.05 bits per heavy atom. The predicted octanol–water partition coefficient (Wildman–Crippen LogP) is 2.19. The van der Waals surface area contributed by atoms with E-state index in [2.05, 4.69) is 5.32 Å². The van der Waals surface area contributed by atoms with E-state index in [1.165, 1.54) is 0 Å². The van der Waals surface area contributed by atoms with Crippen molar-refractivity contribution in [3.8, 4) is 0 Å². The SMILES string of the molecule is O=C(Cl)CNC(=O)C(O)c1ccccc1Cc1ccccc1. The first kappa shape index (κ1) is 16.2. The third kappa shape index (κ3) is 4.41. The van der Waals surface area contributed by atoms with Crippen LogP contribution in [0, 0.1) is 0 Å². The van der Waals surface area contributed by atoms with E-state index in [-0.39, 0.29) is 6.54 Å². The molecular weight excluding hydrogens is 302 g/mol. The molecular formula is C17H16ClNO3. The van der Waals surface area contributed by atoms with Gasteiger partial charge in [0.05, 0.1) is 6.54 Å². The highest BCUT2D eigenvalue weighted by Crippen LogP contribution is 2.21. The molecule has 1 amide bonds. The van der Waals surface area contributed by atoms with Crippen LogP contribution in [-0.4, -0.2) is 22.8 Å². The molecule has 0 aliphatic carbocycles. The molecule has 1 unspecified atom stereocenters. The van der Waals surface area contributed by atoms with Crippen LogP contribution in [0.1, 0.15) is 22.8 Å². The van der Waals surface area contributed by atoms with Gasteiger partial charge in [0.2, 0.25) is 5.24 Å². The average Bonchev–Trinajstić information content (AvgIpc) is 2.53. The standard InChI is InChI=1S/C17H16ClNO3/c18-15(20)11-19-17(22)16(21)14-9-5-4-8-13(14)10-12-6-2-1-3-7-12/h1-9,16,21H,10-11H2,(H,19,22). The normalized spacial score (nSPS) is 11.7. The lowest BCUT2D eigenvalue weighted by molar-refractivity contribution is -0.130. The second-order valence-corrected chi connectivity index (χ2v) is 5.26. The first-order valence-electron chi connectivity index (χ1n) is 6.84.